The molecule has 1 fully saturated rings. The van der Waals surface area contributed by atoms with Crippen LogP contribution in [0.5, 0.6) is 5.75 Å². The number of nitrogens with two attached hydrogens (primary N) is 1. The molecule has 1 aliphatic rings. The average Bonchev–Trinajstić information content (AvgIpc) is 2.59. The number of ether oxygens (including phenoxy) is 1. The van der Waals surface area contributed by atoms with Gasteiger partial charge in [-0.05, 0) is 12.6 Å². The lowest BCUT2D eigenvalue weighted by Gasteiger charge is -2.35. The van der Waals surface area contributed by atoms with E-state index in [1.165, 1.54) is 0 Å². The van der Waals surface area contributed by atoms with E-state index in [1.807, 2.05) is 6.92 Å². The number of carbonyl (C=O) groups is 1. The lowest BCUT2D eigenvalue weighted by atomic mass is 10.1. The zero-order valence-electron chi connectivity index (χ0n) is 14.0. The zero-order chi connectivity index (χ0) is 19.0. The first kappa shape index (κ1) is 17.9. The van der Waals surface area contributed by atoms with Crippen molar-refractivity contribution in [2.75, 3.05) is 43.5 Å². The van der Waals surface area contributed by atoms with Crippen molar-refractivity contribution in [1.29, 1.82) is 0 Å². The smallest absolute Gasteiger partial charge is 0.449 e. The van der Waals surface area contributed by atoms with Crippen molar-refractivity contribution in [2.24, 2.45) is 0 Å². The van der Waals surface area contributed by atoms with Crippen molar-refractivity contribution in [1.82, 2.24) is 9.58 Å². The Morgan fingerprint density at radius 2 is 1.96 bits per heavy atom. The second-order valence-electron chi connectivity index (χ2n) is 5.94. The zero-order valence-corrected chi connectivity index (χ0v) is 14.0. The molecule has 1 aliphatic heterocycles. The van der Waals surface area contributed by atoms with Crippen molar-refractivity contribution in [3.63, 3.8) is 0 Å². The van der Waals surface area contributed by atoms with Gasteiger partial charge >= 0.3 is 6.16 Å². The maximum absolute atomic E-state index is 15.0. The van der Waals surface area contributed by atoms with Crippen LogP contribution in [0.4, 0.5) is 19.3 Å². The predicted octanol–water partition coefficient (Wildman–Crippen LogP) is 1.19. The summed E-state index contributed by atoms with van der Waals surface area (Å²) < 4.78 is 34.7. The lowest BCUT2D eigenvalue weighted by Crippen LogP contribution is -2.46. The molecule has 2 heterocycles. The Morgan fingerprint density at radius 1 is 1.31 bits per heavy atom. The highest BCUT2D eigenvalue weighted by atomic mass is 19.1. The Morgan fingerprint density at radius 3 is 2.54 bits per heavy atom. The predicted molar refractivity (Wildman–Crippen MR) is 91.3 cm³/mol. The summed E-state index contributed by atoms with van der Waals surface area (Å²) in [7, 11) is 0. The van der Waals surface area contributed by atoms with Crippen molar-refractivity contribution in [3.05, 3.63) is 34.1 Å². The molecule has 0 bridgehead atoms. The minimum absolute atomic E-state index is 0.251. The number of nitrogen functional groups attached to an aromatic ring is 1. The Hall–Kier alpha value is -2.88. The number of carboxylic acid groups (broad SMARTS) is 1. The molecule has 8 nitrogen and oxygen atoms in total. The molecule has 3 rings (SSSR count). The van der Waals surface area contributed by atoms with Gasteiger partial charge in [-0.2, -0.15) is 0 Å². The Kier molecular flexibility index (Phi) is 4.68. The first-order valence-corrected chi connectivity index (χ1v) is 8.04. The van der Waals surface area contributed by atoms with Crippen LogP contribution in [0, 0.1) is 11.6 Å². The summed E-state index contributed by atoms with van der Waals surface area (Å²) in [5.74, 6) is 3.20. The molecule has 0 spiro atoms. The van der Waals surface area contributed by atoms with Crippen LogP contribution < -0.4 is 20.9 Å². The third-order valence-electron chi connectivity index (χ3n) is 4.48. The molecule has 0 amide bonds. The number of pyridine rings is 1. The molecule has 0 unspecified atom stereocenters. The van der Waals surface area contributed by atoms with Gasteiger partial charge in [0, 0.05) is 26.2 Å². The molecular formula is C16H18F2N4O4. The SMILES string of the molecule is CCN1CCN(c2c(F)cc3c(=O)c(OC(=O)O)cn(N)c3c2F)CC1. The average molecular weight is 368 g/mol. The summed E-state index contributed by atoms with van der Waals surface area (Å²) in [4.78, 5) is 26.6. The van der Waals surface area contributed by atoms with E-state index >= 15 is 4.39 Å². The Bertz CT molecular complexity index is 923. The highest BCUT2D eigenvalue weighted by Gasteiger charge is 2.26. The van der Waals surface area contributed by atoms with Crippen LogP contribution in [0.25, 0.3) is 10.9 Å². The van der Waals surface area contributed by atoms with E-state index in [0.717, 1.165) is 23.5 Å². The molecule has 2 aromatic rings. The maximum Gasteiger partial charge on any atom is 0.511 e. The molecule has 3 N–H and O–H groups in total. The van der Waals surface area contributed by atoms with Crippen LogP contribution in [0.3, 0.4) is 0 Å². The molecular weight excluding hydrogens is 350 g/mol. The van der Waals surface area contributed by atoms with Crippen molar-refractivity contribution in [3.8, 4) is 5.75 Å². The van der Waals surface area contributed by atoms with Crippen molar-refractivity contribution in [2.45, 2.75) is 6.92 Å². The topological polar surface area (TPSA) is 101 Å². The third kappa shape index (κ3) is 3.03. The molecule has 0 radical (unpaired) electrons. The fourth-order valence-electron chi connectivity index (χ4n) is 3.15. The quantitative estimate of drug-likeness (QED) is 0.620. The summed E-state index contributed by atoms with van der Waals surface area (Å²) in [5.41, 5.74) is -1.52. The van der Waals surface area contributed by atoms with E-state index in [-0.39, 0.29) is 11.2 Å². The highest BCUT2D eigenvalue weighted by Crippen LogP contribution is 2.30. The molecule has 1 aromatic heterocycles. The summed E-state index contributed by atoms with van der Waals surface area (Å²) in [6.07, 6.45) is -0.869. The van der Waals surface area contributed by atoms with Gasteiger partial charge in [0.25, 0.3) is 0 Å². The first-order valence-electron chi connectivity index (χ1n) is 8.04. The molecule has 0 atom stereocenters. The van der Waals surface area contributed by atoms with Crippen LogP contribution in [0.2, 0.25) is 0 Å². The Labute approximate surface area is 146 Å². The number of nitrogens with zero attached hydrogens (tertiary/aromatic N) is 3. The van der Waals surface area contributed by atoms with Crippen LogP contribution in [-0.2, 0) is 0 Å². The van der Waals surface area contributed by atoms with E-state index in [4.69, 9.17) is 10.9 Å². The number of likely N-dealkylation sites (N-methyl/N-ethyl adjacent to an activating group) is 1. The standard InChI is InChI=1S/C16H18F2N4O4/c1-2-20-3-5-21(6-4-20)14-10(17)7-9-13(12(14)18)22(19)8-11(15(9)23)26-16(24)25/h7-8H,2-6,19H2,1H3,(H,24,25). The van der Waals surface area contributed by atoms with Gasteiger partial charge in [0.1, 0.15) is 17.0 Å². The molecule has 0 saturated carbocycles. The van der Waals surface area contributed by atoms with Gasteiger partial charge in [-0.1, -0.05) is 6.92 Å². The van der Waals surface area contributed by atoms with Crippen molar-refractivity contribution < 1.29 is 23.4 Å². The lowest BCUT2D eigenvalue weighted by molar-refractivity contribution is 0.144. The number of benzene rings is 1. The summed E-state index contributed by atoms with van der Waals surface area (Å²) >= 11 is 0. The summed E-state index contributed by atoms with van der Waals surface area (Å²) in [5, 5.41) is 8.26. The second kappa shape index (κ2) is 6.79. The minimum atomic E-state index is -1.73. The van der Waals surface area contributed by atoms with E-state index in [1.54, 1.807) is 4.90 Å². The number of rotatable bonds is 3. The number of piperazine rings is 1. The van der Waals surface area contributed by atoms with Crippen LogP contribution >= 0.6 is 0 Å². The monoisotopic (exact) mass is 368 g/mol. The molecule has 26 heavy (non-hydrogen) atoms. The first-order chi connectivity index (χ1) is 12.3. The second-order valence-corrected chi connectivity index (χ2v) is 5.94. The van der Waals surface area contributed by atoms with Gasteiger partial charge in [-0.15, -0.1) is 0 Å². The number of fused-ring (bicyclic) bond motifs is 1. The Balaban J connectivity index is 2.12. The van der Waals surface area contributed by atoms with Gasteiger partial charge in [0.15, 0.2) is 5.82 Å². The van der Waals surface area contributed by atoms with E-state index < -0.39 is 34.4 Å². The third-order valence-corrected chi connectivity index (χ3v) is 4.48. The number of halogens is 2. The van der Waals surface area contributed by atoms with E-state index in [2.05, 4.69) is 9.64 Å². The number of aromatic nitrogens is 1. The molecule has 1 saturated heterocycles. The highest BCUT2D eigenvalue weighted by molar-refractivity contribution is 5.85. The van der Waals surface area contributed by atoms with Gasteiger partial charge in [0.2, 0.25) is 11.2 Å². The van der Waals surface area contributed by atoms with Crippen molar-refractivity contribution >= 4 is 22.7 Å². The van der Waals surface area contributed by atoms with Crippen LogP contribution in [0.1, 0.15) is 6.92 Å². The largest absolute Gasteiger partial charge is 0.511 e. The van der Waals surface area contributed by atoms with Gasteiger partial charge in [-0.25, -0.2) is 13.6 Å². The van der Waals surface area contributed by atoms with Gasteiger partial charge in [-0.3, -0.25) is 9.47 Å². The number of hydrogen-bond donors (Lipinski definition) is 2. The number of anilines is 1. The summed E-state index contributed by atoms with van der Waals surface area (Å²) in [6, 6.07) is 0.861. The van der Waals surface area contributed by atoms with E-state index in [0.29, 0.717) is 26.2 Å². The molecule has 0 aliphatic carbocycles. The maximum atomic E-state index is 15.0. The van der Waals surface area contributed by atoms with Gasteiger partial charge in [0.05, 0.1) is 11.6 Å². The minimum Gasteiger partial charge on any atom is -0.449 e. The van der Waals surface area contributed by atoms with Crippen LogP contribution in [-0.4, -0.2) is 53.6 Å². The van der Waals surface area contributed by atoms with Crippen LogP contribution in [0.15, 0.2) is 17.1 Å². The van der Waals surface area contributed by atoms with E-state index in [9.17, 15) is 14.0 Å². The molecule has 140 valence electrons. The fraction of sp³-hybridized carbons (Fsp3) is 0.375. The normalized spacial score (nSPS) is 15.4. The molecule has 10 heteroatoms. The fourth-order valence-corrected chi connectivity index (χ4v) is 3.15. The molecule has 1 aromatic carbocycles. The number of hydrogen-bond acceptors (Lipinski definition) is 6. The summed E-state index contributed by atoms with van der Waals surface area (Å²) in [6.45, 7) is 5.05. The van der Waals surface area contributed by atoms with Gasteiger partial charge < -0.3 is 25.5 Å².